The minimum absolute atomic E-state index is 0.241. The zero-order valence-corrected chi connectivity index (χ0v) is 16.6. The lowest BCUT2D eigenvalue weighted by molar-refractivity contribution is 0.0963. The summed E-state index contributed by atoms with van der Waals surface area (Å²) in [4.78, 5) is 21.8. The molecule has 1 aromatic carbocycles. The third-order valence-corrected chi connectivity index (χ3v) is 7.64. The van der Waals surface area contributed by atoms with E-state index in [-0.39, 0.29) is 17.6 Å². The number of ketones is 1. The molecule has 5 rings (SSSR count). The first-order valence-electron chi connectivity index (χ1n) is 10.6. The van der Waals surface area contributed by atoms with E-state index in [1.54, 1.807) is 6.20 Å². The van der Waals surface area contributed by atoms with E-state index in [2.05, 4.69) is 34.2 Å². The monoisotopic (exact) mass is 380 g/mol. The molecule has 142 valence electrons. The van der Waals surface area contributed by atoms with Crippen molar-refractivity contribution in [3.63, 3.8) is 0 Å². The molecule has 3 fully saturated rings. The van der Waals surface area contributed by atoms with Gasteiger partial charge in [0.15, 0.2) is 5.78 Å². The average Bonchev–Trinajstić information content (AvgIpc) is 3.59. The lowest BCUT2D eigenvalue weighted by Gasteiger charge is -2.20. The number of carbonyl (C=O) groups is 1. The second-order valence-corrected chi connectivity index (χ2v) is 10.0. The molecule has 0 aliphatic heterocycles. The molecule has 4 heteroatoms. The van der Waals surface area contributed by atoms with Crippen LogP contribution in [0.3, 0.4) is 0 Å². The number of Topliss-reactive ketones (excluding diaryl/α,β-unsaturated/α-hetero) is 1. The predicted molar refractivity (Wildman–Crippen MR) is 109 cm³/mol. The number of hydrogen-bond acceptors (Lipinski definition) is 3. The van der Waals surface area contributed by atoms with E-state index in [9.17, 15) is 4.79 Å². The van der Waals surface area contributed by atoms with Crippen molar-refractivity contribution in [2.75, 3.05) is 0 Å². The SMILES string of the molecule is O=C(c1cnc(C(CC2CCCC2)c2ccc(SC3CC3)cc2)[nH]1)C1CC1. The van der Waals surface area contributed by atoms with E-state index in [1.807, 2.05) is 11.8 Å². The lowest BCUT2D eigenvalue weighted by atomic mass is 9.87. The third-order valence-electron chi connectivity index (χ3n) is 6.29. The Kier molecular flexibility index (Phi) is 4.85. The van der Waals surface area contributed by atoms with Crippen molar-refractivity contribution < 1.29 is 4.79 Å². The van der Waals surface area contributed by atoms with Crippen LogP contribution in [0.15, 0.2) is 35.4 Å². The van der Waals surface area contributed by atoms with Crippen LogP contribution in [0.5, 0.6) is 0 Å². The molecule has 0 saturated heterocycles. The summed E-state index contributed by atoms with van der Waals surface area (Å²) in [5.74, 6) is 2.53. The molecule has 3 saturated carbocycles. The minimum atomic E-state index is 0.241. The van der Waals surface area contributed by atoms with Crippen LogP contribution in [0.4, 0.5) is 0 Å². The molecule has 1 N–H and O–H groups in total. The fourth-order valence-corrected chi connectivity index (χ4v) is 5.40. The van der Waals surface area contributed by atoms with Crippen molar-refractivity contribution in [1.29, 1.82) is 0 Å². The van der Waals surface area contributed by atoms with E-state index in [0.29, 0.717) is 5.69 Å². The van der Waals surface area contributed by atoms with Crippen molar-refractivity contribution >= 4 is 17.5 Å². The number of benzene rings is 1. The highest BCUT2D eigenvalue weighted by Crippen LogP contribution is 2.41. The van der Waals surface area contributed by atoms with Crippen molar-refractivity contribution in [2.24, 2.45) is 11.8 Å². The van der Waals surface area contributed by atoms with Gasteiger partial charge in [-0.1, -0.05) is 37.8 Å². The minimum Gasteiger partial charge on any atom is -0.339 e. The molecular formula is C23H28N2OS. The molecule has 3 aliphatic rings. The van der Waals surface area contributed by atoms with Crippen LogP contribution in [0.2, 0.25) is 0 Å². The van der Waals surface area contributed by atoms with Crippen LogP contribution in [-0.4, -0.2) is 21.0 Å². The van der Waals surface area contributed by atoms with Crippen molar-refractivity contribution in [3.05, 3.63) is 47.5 Å². The second-order valence-electron chi connectivity index (χ2n) is 8.65. The quantitative estimate of drug-likeness (QED) is 0.574. The molecule has 2 aromatic rings. The molecule has 1 heterocycles. The van der Waals surface area contributed by atoms with Gasteiger partial charge in [-0.2, -0.15) is 0 Å². The van der Waals surface area contributed by atoms with Crippen LogP contribution in [0.1, 0.15) is 85.6 Å². The van der Waals surface area contributed by atoms with Gasteiger partial charge in [0, 0.05) is 22.0 Å². The fourth-order valence-electron chi connectivity index (χ4n) is 4.35. The zero-order chi connectivity index (χ0) is 18.2. The highest BCUT2D eigenvalue weighted by molar-refractivity contribution is 8.00. The van der Waals surface area contributed by atoms with Crippen LogP contribution < -0.4 is 0 Å². The summed E-state index contributed by atoms with van der Waals surface area (Å²) in [6.07, 6.45) is 13.1. The number of aromatic nitrogens is 2. The number of H-pyrrole nitrogens is 1. The number of hydrogen-bond donors (Lipinski definition) is 1. The molecule has 3 aliphatic carbocycles. The van der Waals surface area contributed by atoms with Crippen molar-refractivity contribution in [1.82, 2.24) is 9.97 Å². The molecule has 1 unspecified atom stereocenters. The smallest absolute Gasteiger partial charge is 0.183 e. The molecule has 0 spiro atoms. The van der Waals surface area contributed by atoms with Gasteiger partial charge in [0.25, 0.3) is 0 Å². The number of aromatic amines is 1. The van der Waals surface area contributed by atoms with Crippen LogP contribution in [0.25, 0.3) is 0 Å². The van der Waals surface area contributed by atoms with Gasteiger partial charge in [-0.15, -0.1) is 11.8 Å². The van der Waals surface area contributed by atoms with Crippen LogP contribution >= 0.6 is 11.8 Å². The number of nitrogens with one attached hydrogen (secondary N) is 1. The Morgan fingerprint density at radius 1 is 1.07 bits per heavy atom. The summed E-state index contributed by atoms with van der Waals surface area (Å²) in [6.45, 7) is 0. The topological polar surface area (TPSA) is 45.8 Å². The van der Waals surface area contributed by atoms with E-state index in [0.717, 1.165) is 36.3 Å². The maximum absolute atomic E-state index is 12.4. The first-order chi connectivity index (χ1) is 13.3. The average molecular weight is 381 g/mol. The first-order valence-corrected chi connectivity index (χ1v) is 11.5. The third kappa shape index (κ3) is 4.16. The normalized spacial score (nSPS) is 21.5. The fraction of sp³-hybridized carbons (Fsp3) is 0.565. The van der Waals surface area contributed by atoms with Gasteiger partial charge >= 0.3 is 0 Å². The molecular weight excluding hydrogens is 352 g/mol. The van der Waals surface area contributed by atoms with Gasteiger partial charge in [-0.3, -0.25) is 4.79 Å². The molecule has 1 atom stereocenters. The highest BCUT2D eigenvalue weighted by Gasteiger charge is 2.32. The van der Waals surface area contributed by atoms with Crippen LogP contribution in [-0.2, 0) is 0 Å². The molecule has 0 amide bonds. The standard InChI is InChI=1S/C23H28N2OS/c26-22(17-5-6-17)21-14-24-23(25-21)20(13-15-3-1-2-4-15)16-7-9-18(10-8-16)27-19-11-12-19/h7-10,14-15,17,19-20H,1-6,11-13H2,(H,24,25). The Bertz CT molecular complexity index is 798. The molecule has 1 aromatic heterocycles. The maximum atomic E-state index is 12.4. The Balaban J connectivity index is 1.38. The van der Waals surface area contributed by atoms with Crippen molar-refractivity contribution in [2.45, 2.75) is 73.9 Å². The van der Waals surface area contributed by atoms with Gasteiger partial charge in [-0.05, 0) is 55.7 Å². The van der Waals surface area contributed by atoms with Gasteiger partial charge in [-0.25, -0.2) is 4.98 Å². The zero-order valence-electron chi connectivity index (χ0n) is 15.8. The number of carbonyl (C=O) groups excluding carboxylic acids is 1. The van der Waals surface area contributed by atoms with E-state index in [4.69, 9.17) is 0 Å². The summed E-state index contributed by atoms with van der Waals surface area (Å²) in [5, 5.41) is 0.839. The van der Waals surface area contributed by atoms with E-state index >= 15 is 0 Å². The molecule has 3 nitrogen and oxygen atoms in total. The first kappa shape index (κ1) is 17.5. The lowest BCUT2D eigenvalue weighted by Crippen LogP contribution is -2.09. The number of thioether (sulfide) groups is 1. The Morgan fingerprint density at radius 3 is 2.48 bits per heavy atom. The largest absolute Gasteiger partial charge is 0.339 e. The highest BCUT2D eigenvalue weighted by atomic mass is 32.2. The summed E-state index contributed by atoms with van der Waals surface area (Å²) >= 11 is 2.01. The maximum Gasteiger partial charge on any atom is 0.183 e. The second kappa shape index (κ2) is 7.46. The van der Waals surface area contributed by atoms with E-state index in [1.165, 1.54) is 49.0 Å². The summed E-state index contributed by atoms with van der Waals surface area (Å²) < 4.78 is 0. The van der Waals surface area contributed by atoms with Crippen LogP contribution in [0, 0.1) is 11.8 Å². The molecule has 27 heavy (non-hydrogen) atoms. The Morgan fingerprint density at radius 2 is 1.81 bits per heavy atom. The van der Waals surface area contributed by atoms with Gasteiger partial charge in [0.05, 0.1) is 6.20 Å². The van der Waals surface area contributed by atoms with Gasteiger partial charge in [0.1, 0.15) is 11.5 Å². The molecule has 0 bridgehead atoms. The predicted octanol–water partition coefficient (Wildman–Crippen LogP) is 5.97. The number of rotatable bonds is 8. The summed E-state index contributed by atoms with van der Waals surface area (Å²) in [6, 6.07) is 9.13. The number of imidazole rings is 1. The van der Waals surface area contributed by atoms with Gasteiger partial charge < -0.3 is 4.98 Å². The Hall–Kier alpha value is -1.55. The van der Waals surface area contributed by atoms with E-state index < -0.39 is 0 Å². The summed E-state index contributed by atoms with van der Waals surface area (Å²) in [7, 11) is 0. The van der Waals surface area contributed by atoms with Gasteiger partial charge in [0.2, 0.25) is 0 Å². The Labute approximate surface area is 165 Å². The number of nitrogens with zero attached hydrogens (tertiary/aromatic N) is 1. The van der Waals surface area contributed by atoms with Crippen molar-refractivity contribution in [3.8, 4) is 0 Å². The summed E-state index contributed by atoms with van der Waals surface area (Å²) in [5.41, 5.74) is 2.05. The molecule has 0 radical (unpaired) electrons.